The van der Waals surface area contributed by atoms with E-state index in [4.69, 9.17) is 5.26 Å². The van der Waals surface area contributed by atoms with Crippen molar-refractivity contribution in [1.82, 2.24) is 10.2 Å². The molecule has 0 aromatic heterocycles. The summed E-state index contributed by atoms with van der Waals surface area (Å²) >= 11 is 0. The maximum atomic E-state index is 11.5. The van der Waals surface area contributed by atoms with Gasteiger partial charge in [-0.3, -0.25) is 9.69 Å². The van der Waals surface area contributed by atoms with Gasteiger partial charge in [-0.2, -0.15) is 5.26 Å². The Morgan fingerprint density at radius 1 is 1.14 bits per heavy atom. The summed E-state index contributed by atoms with van der Waals surface area (Å²) in [6.07, 6.45) is 5.75. The van der Waals surface area contributed by atoms with Crippen molar-refractivity contribution in [2.45, 2.75) is 58.4 Å². The topological polar surface area (TPSA) is 59.4 Å². The van der Waals surface area contributed by atoms with Crippen LogP contribution in [0, 0.1) is 31.1 Å². The summed E-state index contributed by atoms with van der Waals surface area (Å²) in [5.41, 5.74) is 4.19. The molecule has 1 aliphatic carbocycles. The first-order valence-corrected chi connectivity index (χ1v) is 10.8. The number of nitriles is 1. The highest BCUT2D eigenvalue weighted by Crippen LogP contribution is 2.28. The first kappa shape index (κ1) is 20.7. The van der Waals surface area contributed by atoms with Crippen molar-refractivity contribution < 1.29 is 4.79 Å². The standard InChI is InChI=1S/C23H34N4O/c1-18-4-3-5-22(19(18)2)27-16-14-26(15-17-27)13-11-20-6-8-21(9-7-20)25-23(28)10-12-24/h3-5,20-21H,6-11,13-17H2,1-2H3,(H,25,28). The summed E-state index contributed by atoms with van der Waals surface area (Å²) in [5, 5.41) is 11.6. The fourth-order valence-electron chi connectivity index (χ4n) is 4.60. The summed E-state index contributed by atoms with van der Waals surface area (Å²) in [6.45, 7) is 10.1. The Hall–Kier alpha value is -2.06. The third-order valence-corrected chi connectivity index (χ3v) is 6.59. The van der Waals surface area contributed by atoms with E-state index in [1.54, 1.807) is 0 Å². The summed E-state index contributed by atoms with van der Waals surface area (Å²) in [5.74, 6) is 0.661. The number of rotatable bonds is 6. The number of aryl methyl sites for hydroxylation is 1. The zero-order valence-electron chi connectivity index (χ0n) is 17.4. The summed E-state index contributed by atoms with van der Waals surface area (Å²) in [6, 6.07) is 8.82. The Labute approximate surface area is 169 Å². The van der Waals surface area contributed by atoms with Gasteiger partial charge in [0.15, 0.2) is 0 Å². The Morgan fingerprint density at radius 2 is 1.86 bits per heavy atom. The van der Waals surface area contributed by atoms with Crippen LogP contribution in [0.4, 0.5) is 5.69 Å². The van der Waals surface area contributed by atoms with Crippen molar-refractivity contribution in [3.8, 4) is 6.07 Å². The van der Waals surface area contributed by atoms with E-state index in [0.717, 1.165) is 44.9 Å². The van der Waals surface area contributed by atoms with Crippen molar-refractivity contribution in [3.05, 3.63) is 29.3 Å². The molecule has 1 amide bonds. The van der Waals surface area contributed by atoms with Gasteiger partial charge in [0.2, 0.25) is 5.91 Å². The molecule has 0 spiro atoms. The van der Waals surface area contributed by atoms with Gasteiger partial charge in [0.05, 0.1) is 6.07 Å². The molecule has 1 aliphatic heterocycles. The molecule has 0 unspecified atom stereocenters. The van der Waals surface area contributed by atoms with Gasteiger partial charge < -0.3 is 10.2 Å². The molecule has 2 aliphatic rings. The second-order valence-corrected chi connectivity index (χ2v) is 8.46. The van der Waals surface area contributed by atoms with Gasteiger partial charge in [-0.05, 0) is 75.6 Å². The summed E-state index contributed by atoms with van der Waals surface area (Å²) in [4.78, 5) is 16.7. The van der Waals surface area contributed by atoms with Crippen molar-refractivity contribution in [3.63, 3.8) is 0 Å². The first-order chi connectivity index (χ1) is 13.6. The molecule has 152 valence electrons. The molecule has 1 saturated carbocycles. The Balaban J connectivity index is 1.36. The predicted molar refractivity (Wildman–Crippen MR) is 113 cm³/mol. The lowest BCUT2D eigenvalue weighted by molar-refractivity contribution is -0.121. The maximum absolute atomic E-state index is 11.5. The molecular weight excluding hydrogens is 348 g/mol. The Bertz CT molecular complexity index is 695. The lowest BCUT2D eigenvalue weighted by Crippen LogP contribution is -2.47. The van der Waals surface area contributed by atoms with Crippen LogP contribution in [0.1, 0.15) is 49.7 Å². The minimum atomic E-state index is -0.118. The molecule has 1 aromatic carbocycles. The zero-order chi connectivity index (χ0) is 19.9. The number of carbonyl (C=O) groups is 1. The maximum Gasteiger partial charge on any atom is 0.234 e. The fourth-order valence-corrected chi connectivity index (χ4v) is 4.60. The molecule has 1 saturated heterocycles. The van der Waals surface area contributed by atoms with Gasteiger partial charge in [-0.25, -0.2) is 0 Å². The van der Waals surface area contributed by atoms with Gasteiger partial charge in [0.25, 0.3) is 0 Å². The van der Waals surface area contributed by atoms with Crippen LogP contribution in [0.5, 0.6) is 0 Å². The fraction of sp³-hybridized carbons (Fsp3) is 0.652. The predicted octanol–water partition coefficient (Wildman–Crippen LogP) is 3.40. The van der Waals surface area contributed by atoms with E-state index >= 15 is 0 Å². The first-order valence-electron chi connectivity index (χ1n) is 10.8. The van der Waals surface area contributed by atoms with Gasteiger partial charge in [-0.15, -0.1) is 0 Å². The second-order valence-electron chi connectivity index (χ2n) is 8.46. The normalized spacial score (nSPS) is 23.2. The van der Waals surface area contributed by atoms with E-state index in [-0.39, 0.29) is 18.4 Å². The molecule has 0 bridgehead atoms. The number of hydrogen-bond donors (Lipinski definition) is 1. The molecule has 1 heterocycles. The minimum absolute atomic E-state index is 0.0199. The van der Waals surface area contributed by atoms with Gasteiger partial charge >= 0.3 is 0 Å². The molecule has 3 rings (SSSR count). The monoisotopic (exact) mass is 382 g/mol. The number of nitrogens with one attached hydrogen (secondary N) is 1. The van der Waals surface area contributed by atoms with Crippen LogP contribution in [-0.2, 0) is 4.79 Å². The number of piperazine rings is 1. The number of benzene rings is 1. The van der Waals surface area contributed by atoms with Crippen LogP contribution in [0.15, 0.2) is 18.2 Å². The van der Waals surface area contributed by atoms with Crippen LogP contribution in [0.2, 0.25) is 0 Å². The zero-order valence-corrected chi connectivity index (χ0v) is 17.4. The average molecular weight is 383 g/mol. The van der Waals surface area contributed by atoms with Crippen LogP contribution in [0.3, 0.4) is 0 Å². The molecule has 2 fully saturated rings. The van der Waals surface area contributed by atoms with Crippen LogP contribution >= 0.6 is 0 Å². The number of amides is 1. The quantitative estimate of drug-likeness (QED) is 0.819. The van der Waals surface area contributed by atoms with Crippen molar-refractivity contribution in [1.29, 1.82) is 5.26 Å². The lowest BCUT2D eigenvalue weighted by Gasteiger charge is -2.38. The smallest absolute Gasteiger partial charge is 0.234 e. The largest absolute Gasteiger partial charge is 0.369 e. The van der Waals surface area contributed by atoms with E-state index in [1.807, 2.05) is 6.07 Å². The number of nitrogens with zero attached hydrogens (tertiary/aromatic N) is 3. The third-order valence-electron chi connectivity index (χ3n) is 6.59. The van der Waals surface area contributed by atoms with E-state index < -0.39 is 0 Å². The molecular formula is C23H34N4O. The minimum Gasteiger partial charge on any atom is -0.369 e. The second kappa shape index (κ2) is 9.93. The number of hydrogen-bond acceptors (Lipinski definition) is 4. The van der Waals surface area contributed by atoms with E-state index in [9.17, 15) is 4.79 Å². The lowest BCUT2D eigenvalue weighted by atomic mass is 9.84. The van der Waals surface area contributed by atoms with E-state index in [2.05, 4.69) is 47.2 Å². The molecule has 28 heavy (non-hydrogen) atoms. The van der Waals surface area contributed by atoms with Crippen LogP contribution in [-0.4, -0.2) is 49.6 Å². The van der Waals surface area contributed by atoms with E-state index in [1.165, 1.54) is 42.6 Å². The van der Waals surface area contributed by atoms with Crippen LogP contribution in [0.25, 0.3) is 0 Å². The van der Waals surface area contributed by atoms with Gasteiger partial charge in [0, 0.05) is 37.9 Å². The van der Waals surface area contributed by atoms with E-state index in [0.29, 0.717) is 0 Å². The average Bonchev–Trinajstić information content (AvgIpc) is 2.70. The number of carbonyl (C=O) groups excluding carboxylic acids is 1. The summed E-state index contributed by atoms with van der Waals surface area (Å²) in [7, 11) is 0. The Morgan fingerprint density at radius 3 is 2.54 bits per heavy atom. The molecule has 5 heteroatoms. The molecule has 1 N–H and O–H groups in total. The van der Waals surface area contributed by atoms with Crippen LogP contribution < -0.4 is 10.2 Å². The molecule has 0 atom stereocenters. The molecule has 0 radical (unpaired) electrons. The highest BCUT2D eigenvalue weighted by atomic mass is 16.1. The third kappa shape index (κ3) is 5.48. The van der Waals surface area contributed by atoms with Crippen molar-refractivity contribution in [2.75, 3.05) is 37.6 Å². The van der Waals surface area contributed by atoms with Crippen molar-refractivity contribution >= 4 is 11.6 Å². The molecule has 5 nitrogen and oxygen atoms in total. The van der Waals surface area contributed by atoms with Gasteiger partial charge in [-0.1, -0.05) is 12.1 Å². The highest BCUT2D eigenvalue weighted by molar-refractivity contribution is 5.78. The highest BCUT2D eigenvalue weighted by Gasteiger charge is 2.24. The van der Waals surface area contributed by atoms with Gasteiger partial charge in [0.1, 0.15) is 6.42 Å². The number of anilines is 1. The molecule has 1 aromatic rings. The summed E-state index contributed by atoms with van der Waals surface area (Å²) < 4.78 is 0. The Kier molecular flexibility index (Phi) is 7.33. The van der Waals surface area contributed by atoms with Crippen molar-refractivity contribution in [2.24, 2.45) is 5.92 Å². The SMILES string of the molecule is Cc1cccc(N2CCN(CCC3CCC(NC(=O)CC#N)CC3)CC2)c1C.